The molecule has 1 N–H and O–H groups in total. The first kappa shape index (κ1) is 31.1. The van der Waals surface area contributed by atoms with E-state index < -0.39 is 5.97 Å². The monoisotopic (exact) mass is 615 g/mol. The summed E-state index contributed by atoms with van der Waals surface area (Å²) in [6.45, 7) is 2.26. The SMILES string of the molecule is COC(=O)c1ccccc1CCC(c1cccc(CCc2ccc3ccc(Cl)cc3n2)c1)C(C)SCC1(CC(=O)O)CC1. The van der Waals surface area contributed by atoms with Crippen LogP contribution in [0.3, 0.4) is 0 Å². The molecule has 43 heavy (non-hydrogen) atoms. The highest BCUT2D eigenvalue weighted by molar-refractivity contribution is 7.99. The molecule has 0 saturated heterocycles. The van der Waals surface area contributed by atoms with Gasteiger partial charge in [0.15, 0.2) is 0 Å². The Labute approximate surface area is 263 Å². The largest absolute Gasteiger partial charge is 0.481 e. The number of nitrogens with zero attached hydrogens (tertiary/aromatic N) is 1. The average Bonchev–Trinajstić information content (AvgIpc) is 3.77. The first-order valence-electron chi connectivity index (χ1n) is 14.9. The van der Waals surface area contributed by atoms with Crippen molar-refractivity contribution >= 4 is 46.2 Å². The molecular formula is C36H38ClNO4S. The van der Waals surface area contributed by atoms with Gasteiger partial charge >= 0.3 is 11.9 Å². The van der Waals surface area contributed by atoms with E-state index in [0.29, 0.717) is 10.6 Å². The number of esters is 1. The number of carbonyl (C=O) groups is 2. The van der Waals surface area contributed by atoms with Gasteiger partial charge in [-0.1, -0.05) is 73.1 Å². The maximum Gasteiger partial charge on any atom is 0.338 e. The molecule has 0 bridgehead atoms. The normalized spacial score (nSPS) is 15.1. The minimum Gasteiger partial charge on any atom is -0.481 e. The number of fused-ring (bicyclic) bond motifs is 1. The first-order valence-corrected chi connectivity index (χ1v) is 16.3. The summed E-state index contributed by atoms with van der Waals surface area (Å²) < 4.78 is 5.04. The number of rotatable bonds is 14. The van der Waals surface area contributed by atoms with Crippen LogP contribution in [0.2, 0.25) is 5.02 Å². The van der Waals surface area contributed by atoms with Crippen molar-refractivity contribution in [2.45, 2.75) is 63.0 Å². The highest BCUT2D eigenvalue weighted by Gasteiger charge is 2.44. The Morgan fingerprint density at radius 1 is 1.00 bits per heavy atom. The molecule has 1 aromatic heterocycles. The predicted molar refractivity (Wildman–Crippen MR) is 175 cm³/mol. The quantitative estimate of drug-likeness (QED) is 0.143. The zero-order valence-electron chi connectivity index (χ0n) is 24.7. The van der Waals surface area contributed by atoms with E-state index in [4.69, 9.17) is 21.3 Å². The molecule has 1 aliphatic rings. The fraction of sp³-hybridized carbons (Fsp3) is 0.361. The van der Waals surface area contributed by atoms with Crippen LogP contribution in [-0.4, -0.2) is 40.1 Å². The third-order valence-corrected chi connectivity index (χ3v) is 10.5. The fourth-order valence-corrected chi connectivity index (χ4v) is 7.55. The minimum atomic E-state index is -0.710. The highest BCUT2D eigenvalue weighted by atomic mass is 35.5. The summed E-state index contributed by atoms with van der Waals surface area (Å²) in [7, 11) is 1.42. The smallest absolute Gasteiger partial charge is 0.338 e. The van der Waals surface area contributed by atoms with Gasteiger partial charge < -0.3 is 9.84 Å². The number of carbonyl (C=O) groups excluding carboxylic acids is 1. The first-order chi connectivity index (χ1) is 20.7. The van der Waals surface area contributed by atoms with Gasteiger partial charge in [-0.3, -0.25) is 9.78 Å². The third-order valence-electron chi connectivity index (χ3n) is 8.61. The van der Waals surface area contributed by atoms with E-state index >= 15 is 0 Å². The Bertz CT molecular complexity index is 1600. The van der Waals surface area contributed by atoms with E-state index in [0.717, 1.165) is 66.4 Å². The van der Waals surface area contributed by atoms with Gasteiger partial charge in [-0.25, -0.2) is 4.79 Å². The van der Waals surface area contributed by atoms with Crippen LogP contribution in [0.15, 0.2) is 78.9 Å². The van der Waals surface area contributed by atoms with Crippen molar-refractivity contribution < 1.29 is 19.4 Å². The van der Waals surface area contributed by atoms with E-state index in [1.807, 2.05) is 54.2 Å². The highest BCUT2D eigenvalue weighted by Crippen LogP contribution is 2.52. The van der Waals surface area contributed by atoms with Crippen molar-refractivity contribution in [1.29, 1.82) is 0 Å². The van der Waals surface area contributed by atoms with E-state index in [1.54, 1.807) is 0 Å². The van der Waals surface area contributed by atoms with Gasteiger partial charge in [0.1, 0.15) is 0 Å². The number of thioether (sulfide) groups is 1. The number of hydrogen-bond acceptors (Lipinski definition) is 5. The van der Waals surface area contributed by atoms with Crippen molar-refractivity contribution in [3.63, 3.8) is 0 Å². The van der Waals surface area contributed by atoms with Gasteiger partial charge in [0.2, 0.25) is 0 Å². The lowest BCUT2D eigenvalue weighted by Crippen LogP contribution is -2.18. The Morgan fingerprint density at radius 2 is 1.79 bits per heavy atom. The molecule has 2 atom stereocenters. The number of aromatic nitrogens is 1. The number of benzene rings is 3. The molecule has 7 heteroatoms. The van der Waals surface area contributed by atoms with Crippen molar-refractivity contribution in [3.8, 4) is 0 Å². The van der Waals surface area contributed by atoms with Crippen LogP contribution in [0.4, 0.5) is 0 Å². The molecule has 1 aliphatic carbocycles. The molecule has 1 fully saturated rings. The molecule has 0 radical (unpaired) electrons. The minimum absolute atomic E-state index is 0.0638. The summed E-state index contributed by atoms with van der Waals surface area (Å²) in [6.07, 6.45) is 5.52. The molecule has 0 amide bonds. The van der Waals surface area contributed by atoms with E-state index in [-0.39, 0.29) is 29.0 Å². The van der Waals surface area contributed by atoms with Gasteiger partial charge in [-0.15, -0.1) is 0 Å². The Kier molecular flexibility index (Phi) is 10.1. The second-order valence-corrected chi connectivity index (χ2v) is 13.6. The van der Waals surface area contributed by atoms with Crippen LogP contribution in [0.5, 0.6) is 0 Å². The lowest BCUT2D eigenvalue weighted by molar-refractivity contribution is -0.138. The zero-order valence-corrected chi connectivity index (χ0v) is 26.3. The molecule has 1 heterocycles. The van der Waals surface area contributed by atoms with Crippen molar-refractivity contribution in [3.05, 3.63) is 112 Å². The van der Waals surface area contributed by atoms with Gasteiger partial charge in [-0.05, 0) is 96.6 Å². The molecule has 5 rings (SSSR count). The number of pyridine rings is 1. The number of ether oxygens (including phenoxy) is 1. The second kappa shape index (κ2) is 14.0. The van der Waals surface area contributed by atoms with E-state index in [2.05, 4.69) is 43.3 Å². The summed E-state index contributed by atoms with van der Waals surface area (Å²) in [5.74, 6) is 0.0636. The van der Waals surface area contributed by atoms with Crippen LogP contribution in [0.25, 0.3) is 10.9 Å². The maximum absolute atomic E-state index is 12.4. The third kappa shape index (κ3) is 8.18. The Balaban J connectivity index is 1.33. The number of aryl methyl sites for hydroxylation is 3. The van der Waals surface area contributed by atoms with E-state index in [1.165, 1.54) is 18.2 Å². The molecule has 4 aromatic rings. The summed E-state index contributed by atoms with van der Waals surface area (Å²) in [5, 5.41) is 11.5. The molecule has 1 saturated carbocycles. The number of methoxy groups -OCH3 is 1. The molecular weight excluding hydrogens is 578 g/mol. The summed E-state index contributed by atoms with van der Waals surface area (Å²) >= 11 is 8.08. The molecule has 0 aliphatic heterocycles. The van der Waals surface area contributed by atoms with E-state index in [9.17, 15) is 14.7 Å². The van der Waals surface area contributed by atoms with Crippen LogP contribution >= 0.6 is 23.4 Å². The van der Waals surface area contributed by atoms with Crippen LogP contribution in [0, 0.1) is 5.41 Å². The molecule has 3 aromatic carbocycles. The average molecular weight is 616 g/mol. The summed E-state index contributed by atoms with van der Waals surface area (Å²) in [6, 6.07) is 26.5. The van der Waals surface area contributed by atoms with Gasteiger partial charge in [0.25, 0.3) is 0 Å². The predicted octanol–water partition coefficient (Wildman–Crippen LogP) is 8.55. The topological polar surface area (TPSA) is 76.5 Å². The van der Waals surface area contributed by atoms with Crippen LogP contribution in [0.1, 0.15) is 71.3 Å². The Hall–Kier alpha value is -3.35. The van der Waals surface area contributed by atoms with Crippen molar-refractivity contribution in [2.24, 2.45) is 5.41 Å². The van der Waals surface area contributed by atoms with Gasteiger partial charge in [0.05, 0.1) is 24.6 Å². The number of halogens is 1. The summed E-state index contributed by atoms with van der Waals surface area (Å²) in [5.41, 5.74) is 6.01. The number of aliphatic carboxylic acids is 1. The van der Waals surface area contributed by atoms with Crippen LogP contribution < -0.4 is 0 Å². The second-order valence-electron chi connectivity index (χ2n) is 11.8. The molecule has 2 unspecified atom stereocenters. The zero-order chi connectivity index (χ0) is 30.4. The Morgan fingerprint density at radius 3 is 2.56 bits per heavy atom. The maximum atomic E-state index is 12.4. The lowest BCUT2D eigenvalue weighted by Gasteiger charge is -2.27. The number of hydrogen-bond donors (Lipinski definition) is 1. The fourth-order valence-electron chi connectivity index (χ4n) is 5.85. The van der Waals surface area contributed by atoms with Crippen molar-refractivity contribution in [2.75, 3.05) is 12.9 Å². The molecule has 0 spiro atoms. The number of carboxylic acids is 1. The lowest BCUT2D eigenvalue weighted by atomic mass is 9.87. The standard InChI is InChI=1S/C36H38ClNO4S/c1-24(43-23-36(18-19-36)22-34(39)40)31(17-13-26-7-3-4-9-32(26)35(41)42-2)28-8-5-6-25(20-28)10-15-30-16-12-27-11-14-29(37)21-33(27)38-30/h3-9,11-12,14,16,20-21,24,31H,10,13,15,17-19,22-23H2,1-2H3,(H,39,40). The van der Waals surface area contributed by atoms with Crippen LogP contribution in [-0.2, 0) is 28.8 Å². The molecule has 224 valence electrons. The molecule has 5 nitrogen and oxygen atoms in total. The summed E-state index contributed by atoms with van der Waals surface area (Å²) in [4.78, 5) is 28.7. The van der Waals surface area contributed by atoms with Crippen molar-refractivity contribution in [1.82, 2.24) is 4.98 Å². The number of carboxylic acid groups (broad SMARTS) is 1. The van der Waals surface area contributed by atoms with Gasteiger partial charge in [-0.2, -0.15) is 11.8 Å². The van der Waals surface area contributed by atoms with Gasteiger partial charge in [0, 0.05) is 21.4 Å².